The molecule has 5 rings (SSSR count). The maximum Gasteiger partial charge on any atom is 0.269 e. The number of sulfonamides is 1. The molecule has 43 heavy (non-hydrogen) atoms. The summed E-state index contributed by atoms with van der Waals surface area (Å²) in [6.45, 7) is 0.0875. The molecular weight excluding hydrogens is 630 g/mol. The molecule has 3 aromatic carbocycles. The van der Waals surface area contributed by atoms with Crippen LogP contribution in [-0.2, 0) is 32.6 Å². The van der Waals surface area contributed by atoms with Gasteiger partial charge in [-0.2, -0.15) is 0 Å². The van der Waals surface area contributed by atoms with Crippen molar-refractivity contribution in [2.75, 3.05) is 6.54 Å². The van der Waals surface area contributed by atoms with Crippen LogP contribution in [0.15, 0.2) is 88.2 Å². The van der Waals surface area contributed by atoms with E-state index in [0.717, 1.165) is 52.0 Å². The van der Waals surface area contributed by atoms with Crippen LogP contribution >= 0.6 is 15.9 Å². The molecule has 1 fully saturated rings. The first-order chi connectivity index (χ1) is 20.7. The second kappa shape index (κ2) is 13.9. The van der Waals surface area contributed by atoms with Gasteiger partial charge in [0, 0.05) is 36.4 Å². The second-order valence-electron chi connectivity index (χ2n) is 11.2. The summed E-state index contributed by atoms with van der Waals surface area (Å²) >= 11 is 3.51. The summed E-state index contributed by atoms with van der Waals surface area (Å²) in [6.07, 6.45) is 5.59. The first kappa shape index (κ1) is 30.9. The summed E-state index contributed by atoms with van der Waals surface area (Å²) in [5, 5.41) is 3.22. The Labute approximate surface area is 261 Å². The zero-order chi connectivity index (χ0) is 30.4. The fraction of sp³-hybridized carbons (Fsp3) is 0.364. The van der Waals surface area contributed by atoms with Gasteiger partial charge in [-0.25, -0.2) is 12.7 Å². The van der Waals surface area contributed by atoms with E-state index < -0.39 is 22.0 Å². The van der Waals surface area contributed by atoms with E-state index in [1.165, 1.54) is 12.1 Å². The van der Waals surface area contributed by atoms with Gasteiger partial charge in [0.25, 0.3) is 15.9 Å². The maximum absolute atomic E-state index is 14.0. The SMILES string of the molecule is O=C(NC1CCCCC1)[C@@H](Cc1ccccc1)N(Cc1cccc(Br)c1)C(=O)CCCN1C(=O)c2ccccc2S1(=O)=O. The molecule has 10 heteroatoms. The summed E-state index contributed by atoms with van der Waals surface area (Å²) in [6, 6.07) is 22.7. The maximum atomic E-state index is 14.0. The van der Waals surface area contributed by atoms with Gasteiger partial charge >= 0.3 is 0 Å². The van der Waals surface area contributed by atoms with Crippen LogP contribution < -0.4 is 5.32 Å². The fourth-order valence-electron chi connectivity index (χ4n) is 5.90. The molecule has 3 amide bonds. The average molecular weight is 667 g/mol. The van der Waals surface area contributed by atoms with E-state index in [2.05, 4.69) is 21.2 Å². The number of hydrogen-bond donors (Lipinski definition) is 1. The number of nitrogens with zero attached hydrogens (tertiary/aromatic N) is 2. The first-order valence-corrected chi connectivity index (χ1v) is 17.0. The molecule has 0 bridgehead atoms. The van der Waals surface area contributed by atoms with Crippen molar-refractivity contribution in [1.82, 2.24) is 14.5 Å². The van der Waals surface area contributed by atoms with Gasteiger partial charge in [-0.1, -0.05) is 89.8 Å². The van der Waals surface area contributed by atoms with Crippen molar-refractivity contribution in [3.8, 4) is 0 Å². The third-order valence-electron chi connectivity index (χ3n) is 8.13. The van der Waals surface area contributed by atoms with Crippen LogP contribution in [0.2, 0.25) is 0 Å². The lowest BCUT2D eigenvalue weighted by Crippen LogP contribution is -2.52. The van der Waals surface area contributed by atoms with Crippen LogP contribution in [0.3, 0.4) is 0 Å². The lowest BCUT2D eigenvalue weighted by atomic mass is 9.94. The highest BCUT2D eigenvalue weighted by Crippen LogP contribution is 2.30. The molecule has 0 spiro atoms. The number of rotatable bonds is 11. The normalized spacial score (nSPS) is 16.9. The van der Waals surface area contributed by atoms with Crippen LogP contribution in [0.1, 0.15) is 66.4 Å². The molecule has 8 nitrogen and oxygen atoms in total. The minimum absolute atomic E-state index is 0.00934. The van der Waals surface area contributed by atoms with Gasteiger partial charge in [0.2, 0.25) is 11.8 Å². The number of benzene rings is 3. The average Bonchev–Trinajstić information content (AvgIpc) is 3.20. The van der Waals surface area contributed by atoms with E-state index in [0.29, 0.717) is 6.42 Å². The molecule has 1 heterocycles. The lowest BCUT2D eigenvalue weighted by Gasteiger charge is -2.33. The summed E-state index contributed by atoms with van der Waals surface area (Å²) in [4.78, 5) is 42.4. The van der Waals surface area contributed by atoms with E-state index in [9.17, 15) is 22.8 Å². The van der Waals surface area contributed by atoms with E-state index in [1.54, 1.807) is 17.0 Å². The molecule has 3 aromatic rings. The van der Waals surface area contributed by atoms with Crippen LogP contribution in [0.25, 0.3) is 0 Å². The zero-order valence-electron chi connectivity index (χ0n) is 24.0. The summed E-state index contributed by atoms with van der Waals surface area (Å²) in [5.41, 5.74) is 1.94. The second-order valence-corrected chi connectivity index (χ2v) is 13.9. The zero-order valence-corrected chi connectivity index (χ0v) is 26.4. The van der Waals surface area contributed by atoms with E-state index in [-0.39, 0.29) is 54.2 Å². The molecule has 1 aliphatic heterocycles. The molecule has 0 saturated heterocycles. The summed E-state index contributed by atoms with van der Waals surface area (Å²) < 4.78 is 27.7. The number of hydrogen-bond acceptors (Lipinski definition) is 5. The number of carbonyl (C=O) groups is 3. The Morgan fingerprint density at radius 3 is 2.35 bits per heavy atom. The Morgan fingerprint density at radius 2 is 1.63 bits per heavy atom. The molecule has 0 unspecified atom stereocenters. The molecule has 2 aliphatic rings. The van der Waals surface area contributed by atoms with Crippen molar-refractivity contribution in [2.24, 2.45) is 0 Å². The molecule has 1 saturated carbocycles. The molecule has 1 N–H and O–H groups in total. The molecule has 0 aromatic heterocycles. The molecule has 0 radical (unpaired) electrons. The van der Waals surface area contributed by atoms with Gasteiger partial charge in [-0.15, -0.1) is 0 Å². The van der Waals surface area contributed by atoms with Crippen LogP contribution in [0.4, 0.5) is 0 Å². The highest BCUT2D eigenvalue weighted by molar-refractivity contribution is 9.10. The Morgan fingerprint density at radius 1 is 0.930 bits per heavy atom. The topological polar surface area (TPSA) is 104 Å². The van der Waals surface area contributed by atoms with E-state index in [4.69, 9.17) is 0 Å². The van der Waals surface area contributed by atoms with Gasteiger partial charge in [0.05, 0.1) is 5.56 Å². The Hall–Kier alpha value is -3.50. The third-order valence-corrected chi connectivity index (χ3v) is 10.5. The van der Waals surface area contributed by atoms with Gasteiger partial charge in [-0.05, 0) is 54.7 Å². The van der Waals surface area contributed by atoms with Crippen molar-refractivity contribution in [3.63, 3.8) is 0 Å². The predicted molar refractivity (Wildman–Crippen MR) is 168 cm³/mol. The molecule has 226 valence electrons. The molecule has 1 atom stereocenters. The van der Waals surface area contributed by atoms with Crippen molar-refractivity contribution < 1.29 is 22.8 Å². The number of halogens is 1. The van der Waals surface area contributed by atoms with E-state index in [1.807, 2.05) is 54.6 Å². The minimum Gasteiger partial charge on any atom is -0.352 e. The predicted octanol–water partition coefficient (Wildman–Crippen LogP) is 5.46. The highest BCUT2D eigenvalue weighted by Gasteiger charge is 2.40. The Bertz CT molecular complexity index is 1570. The van der Waals surface area contributed by atoms with Gasteiger partial charge in [0.1, 0.15) is 10.9 Å². The van der Waals surface area contributed by atoms with Crippen LogP contribution in [0.5, 0.6) is 0 Å². The van der Waals surface area contributed by atoms with Crippen molar-refractivity contribution >= 4 is 43.7 Å². The van der Waals surface area contributed by atoms with Gasteiger partial charge in [0.15, 0.2) is 0 Å². The van der Waals surface area contributed by atoms with Crippen LogP contribution in [-0.4, -0.2) is 54.0 Å². The summed E-state index contributed by atoms with van der Waals surface area (Å²) in [5.74, 6) is -1.05. The number of nitrogens with one attached hydrogen (secondary N) is 1. The Balaban J connectivity index is 1.37. The third kappa shape index (κ3) is 7.36. The number of carbonyl (C=O) groups excluding carboxylic acids is 3. The van der Waals surface area contributed by atoms with Gasteiger partial charge < -0.3 is 10.2 Å². The highest BCUT2D eigenvalue weighted by atomic mass is 79.9. The molecule has 1 aliphatic carbocycles. The van der Waals surface area contributed by atoms with Crippen molar-refractivity contribution in [2.45, 2.75) is 74.9 Å². The lowest BCUT2D eigenvalue weighted by molar-refractivity contribution is -0.141. The Kier molecular flexibility index (Phi) is 9.97. The van der Waals surface area contributed by atoms with E-state index >= 15 is 0 Å². The quantitative estimate of drug-likeness (QED) is 0.293. The van der Waals surface area contributed by atoms with Crippen LogP contribution in [0, 0.1) is 0 Å². The monoisotopic (exact) mass is 665 g/mol. The first-order valence-electron chi connectivity index (χ1n) is 14.8. The van der Waals surface area contributed by atoms with Crippen molar-refractivity contribution in [3.05, 3.63) is 100 Å². The molecular formula is C33H36BrN3O5S. The number of amides is 3. The number of fused-ring (bicyclic) bond motifs is 1. The standard InChI is InChI=1S/C33H36BrN3O5S/c34-26-14-9-13-25(21-26)23-36(29(22-24-11-3-1-4-12-24)32(39)35-27-15-5-2-6-16-27)31(38)19-10-20-37-33(40)28-17-7-8-18-30(28)43(37,41)42/h1,3-4,7-9,11-14,17-18,21,27,29H,2,5-6,10,15-16,19-20,22-23H2,(H,35,39)/t29-/m1/s1. The smallest absolute Gasteiger partial charge is 0.269 e. The van der Waals surface area contributed by atoms with Crippen molar-refractivity contribution in [1.29, 1.82) is 0 Å². The largest absolute Gasteiger partial charge is 0.352 e. The van der Waals surface area contributed by atoms with Gasteiger partial charge in [-0.3, -0.25) is 14.4 Å². The fourth-order valence-corrected chi connectivity index (χ4v) is 7.95. The summed E-state index contributed by atoms with van der Waals surface area (Å²) in [7, 11) is -3.96. The minimum atomic E-state index is -3.96.